The fourth-order valence-electron chi connectivity index (χ4n) is 0.342. The highest BCUT2D eigenvalue weighted by molar-refractivity contribution is 14.1. The Labute approximate surface area is 80.2 Å². The third-order valence-electron chi connectivity index (χ3n) is 0.625. The zero-order valence-electron chi connectivity index (χ0n) is 4.45. The lowest BCUT2D eigenvalue weighted by Crippen LogP contribution is -1.68. The van der Waals surface area contributed by atoms with Gasteiger partial charge in [0, 0.05) is 16.0 Å². The van der Waals surface area contributed by atoms with Crippen molar-refractivity contribution in [1.29, 1.82) is 0 Å². The van der Waals surface area contributed by atoms with Crippen LogP contribution in [0.2, 0.25) is 0 Å². The number of halogens is 3. The molecule has 0 spiro atoms. The molecule has 1 nitrogen and oxygen atoms in total. The molecule has 1 aromatic rings. The number of hydrogen-bond donors (Lipinski definition) is 0. The van der Waals surface area contributed by atoms with Crippen LogP contribution in [0.3, 0.4) is 0 Å². The average molecular weight is 278 g/mol. The molecule has 0 fully saturated rings. The molecular weight excluding hydrogens is 272 g/mol. The lowest BCUT2D eigenvalue weighted by molar-refractivity contribution is 1.31. The summed E-state index contributed by atoms with van der Waals surface area (Å²) in [6.45, 7) is 0. The maximum absolute atomic E-state index is 3.88. The molecule has 0 aliphatic carbocycles. The summed E-state index contributed by atoms with van der Waals surface area (Å²) in [5.74, 6) is 0. The van der Waals surface area contributed by atoms with E-state index in [2.05, 4.69) is 27.6 Å². The van der Waals surface area contributed by atoms with E-state index in [1.807, 2.05) is 18.3 Å². The SMILES string of the molecule is Cl.Cl.Ic1cccnc1. The molecule has 1 heterocycles. The fraction of sp³-hybridized carbons (Fsp3) is 0. The van der Waals surface area contributed by atoms with Gasteiger partial charge in [-0.1, -0.05) is 0 Å². The van der Waals surface area contributed by atoms with Crippen molar-refractivity contribution < 1.29 is 0 Å². The molecule has 0 aliphatic rings. The van der Waals surface area contributed by atoms with Crippen LogP contribution < -0.4 is 0 Å². The van der Waals surface area contributed by atoms with Crippen LogP contribution in [0.5, 0.6) is 0 Å². The minimum absolute atomic E-state index is 0. The second-order valence-electron chi connectivity index (χ2n) is 1.17. The molecule has 9 heavy (non-hydrogen) atoms. The largest absolute Gasteiger partial charge is 0.264 e. The van der Waals surface area contributed by atoms with Gasteiger partial charge in [-0.25, -0.2) is 0 Å². The van der Waals surface area contributed by atoms with Crippen molar-refractivity contribution in [1.82, 2.24) is 4.98 Å². The maximum Gasteiger partial charge on any atom is 0.0401 e. The Hall–Kier alpha value is 0.460. The van der Waals surface area contributed by atoms with Gasteiger partial charge in [0.15, 0.2) is 0 Å². The van der Waals surface area contributed by atoms with Crippen LogP contribution in [-0.4, -0.2) is 4.98 Å². The van der Waals surface area contributed by atoms with E-state index in [9.17, 15) is 0 Å². The van der Waals surface area contributed by atoms with E-state index in [0.717, 1.165) is 0 Å². The zero-order valence-corrected chi connectivity index (χ0v) is 8.24. The van der Waals surface area contributed by atoms with Crippen molar-refractivity contribution >= 4 is 47.4 Å². The van der Waals surface area contributed by atoms with E-state index in [1.165, 1.54) is 3.57 Å². The van der Waals surface area contributed by atoms with Gasteiger partial charge in [-0.05, 0) is 34.7 Å². The van der Waals surface area contributed by atoms with E-state index < -0.39 is 0 Å². The topological polar surface area (TPSA) is 12.9 Å². The summed E-state index contributed by atoms with van der Waals surface area (Å²) in [6.07, 6.45) is 3.59. The number of hydrogen-bond acceptors (Lipinski definition) is 1. The molecular formula is C5H6Cl2IN. The molecule has 0 N–H and O–H groups in total. The third-order valence-corrected chi connectivity index (χ3v) is 1.26. The third kappa shape index (κ3) is 4.93. The molecule has 52 valence electrons. The lowest BCUT2D eigenvalue weighted by atomic mass is 10.5. The van der Waals surface area contributed by atoms with Crippen LogP contribution in [0.15, 0.2) is 24.5 Å². The van der Waals surface area contributed by atoms with Crippen LogP contribution in [0.4, 0.5) is 0 Å². The van der Waals surface area contributed by atoms with Crippen LogP contribution in [-0.2, 0) is 0 Å². The van der Waals surface area contributed by atoms with Crippen molar-refractivity contribution in [2.45, 2.75) is 0 Å². The number of nitrogens with zero attached hydrogens (tertiary/aromatic N) is 1. The number of pyridine rings is 1. The van der Waals surface area contributed by atoms with Crippen LogP contribution in [0.1, 0.15) is 0 Å². The monoisotopic (exact) mass is 277 g/mol. The predicted octanol–water partition coefficient (Wildman–Crippen LogP) is 2.53. The lowest BCUT2D eigenvalue weighted by Gasteiger charge is -1.80. The molecule has 0 unspecified atom stereocenters. The van der Waals surface area contributed by atoms with E-state index >= 15 is 0 Å². The highest BCUT2D eigenvalue weighted by Gasteiger charge is 1.75. The van der Waals surface area contributed by atoms with Gasteiger partial charge in [-0.3, -0.25) is 4.98 Å². The molecule has 0 aliphatic heterocycles. The predicted molar refractivity (Wildman–Crippen MR) is 51.5 cm³/mol. The summed E-state index contributed by atoms with van der Waals surface area (Å²) in [7, 11) is 0. The maximum atomic E-state index is 3.88. The second kappa shape index (κ2) is 6.58. The van der Waals surface area contributed by atoms with Crippen LogP contribution >= 0.6 is 47.4 Å². The van der Waals surface area contributed by atoms with Crippen LogP contribution in [0, 0.1) is 3.57 Å². The Balaban J connectivity index is 0. The fourth-order valence-corrected chi connectivity index (χ4v) is 0.710. The average Bonchev–Trinajstić information content (AvgIpc) is 1.69. The Morgan fingerprint density at radius 2 is 2.00 bits per heavy atom. The van der Waals surface area contributed by atoms with E-state index in [-0.39, 0.29) is 24.8 Å². The number of rotatable bonds is 0. The Morgan fingerprint density at radius 1 is 1.33 bits per heavy atom. The van der Waals surface area contributed by atoms with Gasteiger partial charge in [0.25, 0.3) is 0 Å². The summed E-state index contributed by atoms with van der Waals surface area (Å²) in [5.41, 5.74) is 0. The van der Waals surface area contributed by atoms with Crippen molar-refractivity contribution in [3.8, 4) is 0 Å². The highest BCUT2D eigenvalue weighted by Crippen LogP contribution is 1.97. The van der Waals surface area contributed by atoms with E-state index in [1.54, 1.807) is 6.20 Å². The molecule has 1 rings (SSSR count). The minimum atomic E-state index is 0. The Bertz CT molecular complexity index is 145. The van der Waals surface area contributed by atoms with E-state index in [0.29, 0.717) is 0 Å². The summed E-state index contributed by atoms with van der Waals surface area (Å²) < 4.78 is 1.18. The van der Waals surface area contributed by atoms with Gasteiger partial charge < -0.3 is 0 Å². The summed E-state index contributed by atoms with van der Waals surface area (Å²) in [6, 6.07) is 3.93. The summed E-state index contributed by atoms with van der Waals surface area (Å²) >= 11 is 2.22. The molecule has 0 atom stereocenters. The summed E-state index contributed by atoms with van der Waals surface area (Å²) in [4.78, 5) is 3.88. The molecule has 0 saturated heterocycles. The van der Waals surface area contributed by atoms with Crippen LogP contribution in [0.25, 0.3) is 0 Å². The van der Waals surface area contributed by atoms with Gasteiger partial charge in [0.05, 0.1) is 0 Å². The Morgan fingerprint density at radius 3 is 2.22 bits per heavy atom. The standard InChI is InChI=1S/C5H4IN.2ClH/c6-5-2-1-3-7-4-5;;/h1-4H;2*1H. The van der Waals surface area contributed by atoms with E-state index in [4.69, 9.17) is 0 Å². The van der Waals surface area contributed by atoms with Crippen molar-refractivity contribution in [2.75, 3.05) is 0 Å². The van der Waals surface area contributed by atoms with Gasteiger partial charge in [0.1, 0.15) is 0 Å². The first-order chi connectivity index (χ1) is 3.39. The normalized spacial score (nSPS) is 6.78. The molecule has 0 saturated carbocycles. The second-order valence-corrected chi connectivity index (χ2v) is 2.42. The molecule has 4 heteroatoms. The zero-order chi connectivity index (χ0) is 5.11. The van der Waals surface area contributed by atoms with Gasteiger partial charge in [-0.15, -0.1) is 24.8 Å². The van der Waals surface area contributed by atoms with Crippen molar-refractivity contribution in [3.05, 3.63) is 28.1 Å². The van der Waals surface area contributed by atoms with Crippen molar-refractivity contribution in [2.24, 2.45) is 0 Å². The van der Waals surface area contributed by atoms with Gasteiger partial charge >= 0.3 is 0 Å². The first-order valence-corrected chi connectivity index (χ1v) is 3.03. The first kappa shape index (κ1) is 12.2. The van der Waals surface area contributed by atoms with Gasteiger partial charge in [0.2, 0.25) is 0 Å². The highest BCUT2D eigenvalue weighted by atomic mass is 127. The number of aromatic nitrogens is 1. The summed E-state index contributed by atoms with van der Waals surface area (Å²) in [5, 5.41) is 0. The Kier molecular flexibility index (Phi) is 8.89. The van der Waals surface area contributed by atoms with Gasteiger partial charge in [-0.2, -0.15) is 0 Å². The quantitative estimate of drug-likeness (QED) is 0.664. The molecule has 0 bridgehead atoms. The minimum Gasteiger partial charge on any atom is -0.264 e. The molecule has 0 aromatic carbocycles. The first-order valence-electron chi connectivity index (χ1n) is 1.95. The molecule has 0 radical (unpaired) electrons. The molecule has 1 aromatic heterocycles. The molecule has 0 amide bonds. The smallest absolute Gasteiger partial charge is 0.0401 e. The van der Waals surface area contributed by atoms with Crippen molar-refractivity contribution in [3.63, 3.8) is 0 Å².